The first kappa shape index (κ1) is 18.4. The number of ether oxygens (including phenoxy) is 1. The average Bonchev–Trinajstić information content (AvgIpc) is 3.27. The van der Waals surface area contributed by atoms with Crippen molar-refractivity contribution >= 4 is 23.6 Å². The van der Waals surface area contributed by atoms with Gasteiger partial charge in [-0.15, -0.1) is 0 Å². The molecule has 1 saturated heterocycles. The fraction of sp³-hybridized carbons (Fsp3) is 0.450. The maximum Gasteiger partial charge on any atom is 0.407 e. The van der Waals surface area contributed by atoms with E-state index in [-0.39, 0.29) is 29.5 Å². The molecule has 9 heteroatoms. The van der Waals surface area contributed by atoms with Crippen LogP contribution in [0.4, 0.5) is 9.18 Å². The first-order valence-electron chi connectivity index (χ1n) is 9.59. The molecule has 1 aromatic heterocycles. The largest absolute Gasteiger partial charge is 0.441 e. The molecule has 5 rings (SSSR count). The summed E-state index contributed by atoms with van der Waals surface area (Å²) in [5.74, 6) is -0.618. The van der Waals surface area contributed by atoms with Crippen LogP contribution in [-0.2, 0) is 18.2 Å². The van der Waals surface area contributed by atoms with E-state index >= 15 is 0 Å². The maximum atomic E-state index is 14.5. The summed E-state index contributed by atoms with van der Waals surface area (Å²) in [6.07, 6.45) is 3.01. The molecule has 0 radical (unpaired) electrons. The van der Waals surface area contributed by atoms with Crippen LogP contribution in [0.5, 0.6) is 0 Å². The van der Waals surface area contributed by atoms with E-state index in [0.29, 0.717) is 42.9 Å². The van der Waals surface area contributed by atoms with Crippen LogP contribution in [-0.4, -0.2) is 45.4 Å². The lowest BCUT2D eigenvalue weighted by Crippen LogP contribution is -2.51. The van der Waals surface area contributed by atoms with Crippen LogP contribution >= 0.6 is 11.6 Å². The van der Waals surface area contributed by atoms with Crippen molar-refractivity contribution in [1.29, 1.82) is 0 Å². The van der Waals surface area contributed by atoms with Crippen molar-refractivity contribution < 1.29 is 18.7 Å². The lowest BCUT2D eigenvalue weighted by atomic mass is 9.70. The van der Waals surface area contributed by atoms with Gasteiger partial charge in [0.1, 0.15) is 11.4 Å². The van der Waals surface area contributed by atoms with E-state index in [2.05, 4.69) is 10.4 Å². The summed E-state index contributed by atoms with van der Waals surface area (Å²) >= 11 is 6.29. The summed E-state index contributed by atoms with van der Waals surface area (Å²) in [6, 6.07) is 4.43. The molecule has 1 saturated carbocycles. The third-order valence-corrected chi connectivity index (χ3v) is 6.61. The highest BCUT2D eigenvalue weighted by Crippen LogP contribution is 2.46. The molecule has 1 atom stereocenters. The van der Waals surface area contributed by atoms with Crippen LogP contribution in [0.1, 0.15) is 40.5 Å². The zero-order valence-corrected chi connectivity index (χ0v) is 16.6. The van der Waals surface area contributed by atoms with Crippen LogP contribution < -0.4 is 5.32 Å². The van der Waals surface area contributed by atoms with Crippen molar-refractivity contribution in [3.05, 3.63) is 52.1 Å². The molecule has 152 valence electrons. The molecular formula is C20H20ClFN4O3. The smallest absolute Gasteiger partial charge is 0.407 e. The molecule has 0 bridgehead atoms. The van der Waals surface area contributed by atoms with Crippen LogP contribution in [0.25, 0.3) is 0 Å². The van der Waals surface area contributed by atoms with Gasteiger partial charge < -0.3 is 15.0 Å². The van der Waals surface area contributed by atoms with Crippen LogP contribution in [0, 0.1) is 11.7 Å². The number of halogens is 2. The van der Waals surface area contributed by atoms with Gasteiger partial charge in [-0.2, -0.15) is 5.10 Å². The molecule has 1 spiro atoms. The molecule has 7 nitrogen and oxygen atoms in total. The molecule has 29 heavy (non-hydrogen) atoms. The van der Waals surface area contributed by atoms with Crippen molar-refractivity contribution in [2.24, 2.45) is 13.0 Å². The quantitative estimate of drug-likeness (QED) is 0.828. The van der Waals surface area contributed by atoms with Gasteiger partial charge >= 0.3 is 6.09 Å². The Morgan fingerprint density at radius 1 is 1.38 bits per heavy atom. The fourth-order valence-corrected chi connectivity index (χ4v) is 5.15. The van der Waals surface area contributed by atoms with E-state index < -0.39 is 11.4 Å². The molecule has 0 unspecified atom stereocenters. The van der Waals surface area contributed by atoms with E-state index in [0.717, 1.165) is 5.69 Å². The molecule has 1 aliphatic carbocycles. The highest BCUT2D eigenvalue weighted by molar-refractivity contribution is 6.31. The number of amides is 2. The topological polar surface area (TPSA) is 76.5 Å². The third kappa shape index (κ3) is 2.88. The zero-order chi connectivity index (χ0) is 20.3. The van der Waals surface area contributed by atoms with E-state index in [9.17, 15) is 14.0 Å². The molecule has 3 aliphatic rings. The van der Waals surface area contributed by atoms with Crippen LogP contribution in [0.3, 0.4) is 0 Å². The van der Waals surface area contributed by atoms with E-state index in [1.54, 1.807) is 35.0 Å². The van der Waals surface area contributed by atoms with E-state index in [1.807, 2.05) is 0 Å². The lowest BCUT2D eigenvalue weighted by molar-refractivity contribution is -0.0555. The number of hydrogen-bond acceptors (Lipinski definition) is 4. The molecule has 3 heterocycles. The SMILES string of the molecule is Cn1ncc(Cl)c1C[C@@H]1c2cccc(F)c2C(=O)N1CC1CC2(CNC(=O)O2)C1. The first-order chi connectivity index (χ1) is 13.9. The predicted molar refractivity (Wildman–Crippen MR) is 102 cm³/mol. The Kier molecular flexibility index (Phi) is 4.10. The van der Waals surface area contributed by atoms with Crippen LogP contribution in [0.2, 0.25) is 5.02 Å². The molecule has 1 N–H and O–H groups in total. The van der Waals surface area contributed by atoms with Gasteiger partial charge in [0, 0.05) is 20.0 Å². The van der Waals surface area contributed by atoms with Gasteiger partial charge in [-0.05, 0) is 30.4 Å². The summed E-state index contributed by atoms with van der Waals surface area (Å²) in [5.41, 5.74) is 1.16. The lowest BCUT2D eigenvalue weighted by Gasteiger charge is -2.44. The van der Waals surface area contributed by atoms with Crippen LogP contribution in [0.15, 0.2) is 24.4 Å². The summed E-state index contributed by atoms with van der Waals surface area (Å²) in [4.78, 5) is 26.2. The van der Waals surface area contributed by atoms with Gasteiger partial charge in [-0.25, -0.2) is 9.18 Å². The number of nitrogens with zero attached hydrogens (tertiary/aromatic N) is 3. The minimum atomic E-state index is -0.505. The maximum absolute atomic E-state index is 14.5. The Bertz CT molecular complexity index is 998. The second kappa shape index (κ2) is 6.45. The van der Waals surface area contributed by atoms with E-state index in [1.165, 1.54) is 6.07 Å². The number of rotatable bonds is 4. The van der Waals surface area contributed by atoms with Gasteiger partial charge in [0.15, 0.2) is 0 Å². The second-order valence-electron chi connectivity index (χ2n) is 8.14. The Balaban J connectivity index is 1.41. The number of carbonyl (C=O) groups excluding carboxylic acids is 2. The first-order valence-corrected chi connectivity index (χ1v) is 9.97. The predicted octanol–water partition coefficient (Wildman–Crippen LogP) is 2.84. The Hall–Kier alpha value is -2.61. The minimum absolute atomic E-state index is 0.138. The highest BCUT2D eigenvalue weighted by atomic mass is 35.5. The number of fused-ring (bicyclic) bond motifs is 1. The Morgan fingerprint density at radius 3 is 2.83 bits per heavy atom. The van der Waals surface area contributed by atoms with E-state index in [4.69, 9.17) is 16.3 Å². The fourth-order valence-electron chi connectivity index (χ4n) is 4.91. The second-order valence-corrected chi connectivity index (χ2v) is 8.55. The minimum Gasteiger partial charge on any atom is -0.441 e. The molecular weight excluding hydrogens is 399 g/mol. The van der Waals surface area contributed by atoms with Crippen molar-refractivity contribution in [2.75, 3.05) is 13.1 Å². The monoisotopic (exact) mass is 418 g/mol. The Labute approximate surface area is 171 Å². The normalized spacial score (nSPS) is 27.8. The summed E-state index contributed by atoms with van der Waals surface area (Å²) in [7, 11) is 1.80. The van der Waals surface area contributed by atoms with Crippen molar-refractivity contribution in [1.82, 2.24) is 20.0 Å². The standard InChI is InChI=1S/C20H20ClFN4O3/c1-25-16(13(21)8-24-25)5-15-12-3-2-4-14(22)17(12)18(27)26(15)9-11-6-20(7-11)10-23-19(28)29-20/h2-4,8,11,15H,5-7,9-10H2,1H3,(H,23,28)/t11?,15-,20?/m1/s1. The zero-order valence-electron chi connectivity index (χ0n) is 15.8. The highest BCUT2D eigenvalue weighted by Gasteiger charge is 2.53. The average molecular weight is 419 g/mol. The summed E-state index contributed by atoms with van der Waals surface area (Å²) < 4.78 is 21.6. The van der Waals surface area contributed by atoms with Gasteiger partial charge in [-0.1, -0.05) is 23.7 Å². The third-order valence-electron chi connectivity index (χ3n) is 6.29. The Morgan fingerprint density at radius 2 is 2.17 bits per heavy atom. The van der Waals surface area contributed by atoms with Crippen molar-refractivity contribution in [2.45, 2.75) is 30.9 Å². The number of aryl methyl sites for hydroxylation is 1. The number of aromatic nitrogens is 2. The number of benzene rings is 1. The molecule has 1 aromatic carbocycles. The van der Waals surface area contributed by atoms with Crippen molar-refractivity contribution in [3.63, 3.8) is 0 Å². The number of alkyl carbamates (subject to hydrolysis) is 1. The van der Waals surface area contributed by atoms with Gasteiger partial charge in [0.2, 0.25) is 0 Å². The number of nitrogens with one attached hydrogen (secondary N) is 1. The molecule has 2 aromatic rings. The number of hydrogen-bond donors (Lipinski definition) is 1. The molecule has 2 aliphatic heterocycles. The van der Waals surface area contributed by atoms with Crippen molar-refractivity contribution in [3.8, 4) is 0 Å². The van der Waals surface area contributed by atoms with Gasteiger partial charge in [0.05, 0.1) is 35.1 Å². The summed E-state index contributed by atoms with van der Waals surface area (Å²) in [5, 5.41) is 7.39. The summed E-state index contributed by atoms with van der Waals surface area (Å²) in [6.45, 7) is 0.978. The van der Waals surface area contributed by atoms with Gasteiger partial charge in [0.25, 0.3) is 5.91 Å². The molecule has 2 fully saturated rings. The molecule has 2 amide bonds. The number of carbonyl (C=O) groups is 2. The van der Waals surface area contributed by atoms with Gasteiger partial charge in [-0.3, -0.25) is 9.48 Å².